The van der Waals surface area contributed by atoms with Crippen LogP contribution in [0.3, 0.4) is 0 Å². The SMILES string of the molecule is C[C@H](NC(c1ccccc1)c1cccc(Nc2c(O)c(=O)c2=O)c1)c1ccccc1. The van der Waals surface area contributed by atoms with Gasteiger partial charge in [0.1, 0.15) is 5.69 Å². The fourth-order valence-corrected chi connectivity index (χ4v) is 3.55. The Morgan fingerprint density at radius 2 is 1.33 bits per heavy atom. The van der Waals surface area contributed by atoms with E-state index in [1.165, 1.54) is 5.56 Å². The molecule has 0 aliphatic heterocycles. The highest BCUT2D eigenvalue weighted by atomic mass is 16.3. The normalized spacial score (nSPS) is 13.1. The van der Waals surface area contributed by atoms with Gasteiger partial charge in [-0.05, 0) is 35.7 Å². The Morgan fingerprint density at radius 3 is 1.97 bits per heavy atom. The predicted octanol–water partition coefficient (Wildman–Crippen LogP) is 4.17. The monoisotopic (exact) mass is 398 g/mol. The zero-order valence-corrected chi connectivity index (χ0v) is 16.5. The molecule has 0 aliphatic rings. The fourth-order valence-electron chi connectivity index (χ4n) is 3.55. The Morgan fingerprint density at radius 1 is 0.733 bits per heavy atom. The lowest BCUT2D eigenvalue weighted by atomic mass is 9.96. The highest BCUT2D eigenvalue weighted by molar-refractivity contribution is 5.69. The van der Waals surface area contributed by atoms with Gasteiger partial charge >= 0.3 is 0 Å². The summed E-state index contributed by atoms with van der Waals surface area (Å²) in [6, 6.07) is 27.9. The molecule has 0 saturated heterocycles. The first-order valence-corrected chi connectivity index (χ1v) is 9.80. The molecule has 0 amide bonds. The number of rotatable bonds is 7. The third-order valence-electron chi connectivity index (χ3n) is 5.22. The van der Waals surface area contributed by atoms with Crippen molar-refractivity contribution in [2.24, 2.45) is 0 Å². The standard InChI is InChI=1S/C25H22N2O3/c1-16(17-9-4-2-5-10-17)26-21(18-11-6-3-7-12-18)19-13-8-14-20(15-19)27-22-23(28)25(30)24(22)29/h2-16,21,26-28H,1H3/t16-,21?/m0/s1. The maximum atomic E-state index is 11.7. The van der Waals surface area contributed by atoms with Crippen LogP contribution in [0.1, 0.15) is 35.7 Å². The molecule has 2 atom stereocenters. The summed E-state index contributed by atoms with van der Waals surface area (Å²) in [5.74, 6) is -0.513. The van der Waals surface area contributed by atoms with Crippen molar-refractivity contribution in [1.29, 1.82) is 0 Å². The van der Waals surface area contributed by atoms with Gasteiger partial charge in [0.05, 0.1) is 6.04 Å². The minimum atomic E-state index is -0.853. The van der Waals surface area contributed by atoms with Crippen LogP contribution in [0, 0.1) is 0 Å². The quantitative estimate of drug-likeness (QED) is 0.407. The van der Waals surface area contributed by atoms with Crippen LogP contribution in [-0.2, 0) is 0 Å². The zero-order valence-electron chi connectivity index (χ0n) is 16.5. The molecule has 5 heteroatoms. The molecule has 0 aliphatic carbocycles. The molecular formula is C25H22N2O3. The number of hydrogen-bond acceptors (Lipinski definition) is 5. The molecular weight excluding hydrogens is 376 g/mol. The van der Waals surface area contributed by atoms with E-state index in [2.05, 4.69) is 41.8 Å². The van der Waals surface area contributed by atoms with Crippen molar-refractivity contribution in [2.45, 2.75) is 19.0 Å². The lowest BCUT2D eigenvalue weighted by molar-refractivity contribution is 0.466. The molecule has 0 spiro atoms. The van der Waals surface area contributed by atoms with Crippen molar-refractivity contribution in [3.63, 3.8) is 0 Å². The summed E-state index contributed by atoms with van der Waals surface area (Å²) in [7, 11) is 0. The molecule has 0 fully saturated rings. The Labute approximate surface area is 174 Å². The minimum absolute atomic E-state index is 0.0565. The van der Waals surface area contributed by atoms with Crippen LogP contribution >= 0.6 is 0 Å². The van der Waals surface area contributed by atoms with Gasteiger partial charge in [-0.2, -0.15) is 0 Å². The van der Waals surface area contributed by atoms with Gasteiger partial charge in [0.25, 0.3) is 10.9 Å². The Kier molecular flexibility index (Phi) is 5.46. The van der Waals surface area contributed by atoms with Crippen molar-refractivity contribution < 1.29 is 5.11 Å². The van der Waals surface area contributed by atoms with E-state index in [0.717, 1.165) is 11.1 Å². The molecule has 0 aromatic heterocycles. The molecule has 3 N–H and O–H groups in total. The second kappa shape index (κ2) is 8.35. The Balaban J connectivity index is 1.66. The van der Waals surface area contributed by atoms with Gasteiger partial charge in [0.15, 0.2) is 5.75 Å². The van der Waals surface area contributed by atoms with E-state index in [9.17, 15) is 14.7 Å². The maximum Gasteiger partial charge on any atom is 0.271 e. The molecule has 30 heavy (non-hydrogen) atoms. The maximum absolute atomic E-state index is 11.7. The number of hydrogen-bond donors (Lipinski definition) is 3. The molecule has 1 unspecified atom stereocenters. The number of anilines is 2. The van der Waals surface area contributed by atoms with Crippen LogP contribution in [0.25, 0.3) is 0 Å². The lowest BCUT2D eigenvalue weighted by Crippen LogP contribution is -2.32. The largest absolute Gasteiger partial charge is 0.502 e. The molecule has 0 radical (unpaired) electrons. The third kappa shape index (κ3) is 3.88. The molecule has 4 rings (SSSR count). The van der Waals surface area contributed by atoms with E-state index in [1.54, 1.807) is 6.07 Å². The van der Waals surface area contributed by atoms with E-state index >= 15 is 0 Å². The minimum Gasteiger partial charge on any atom is -0.502 e. The Bertz CT molecular complexity index is 1210. The van der Waals surface area contributed by atoms with Crippen LogP contribution in [0.5, 0.6) is 5.75 Å². The van der Waals surface area contributed by atoms with Gasteiger partial charge in [-0.25, -0.2) is 0 Å². The average Bonchev–Trinajstić information content (AvgIpc) is 2.81. The first-order valence-electron chi connectivity index (χ1n) is 9.80. The summed E-state index contributed by atoms with van der Waals surface area (Å²) in [6.07, 6.45) is 0. The summed E-state index contributed by atoms with van der Waals surface area (Å²) in [4.78, 5) is 22.9. The first-order chi connectivity index (χ1) is 14.5. The molecule has 150 valence electrons. The smallest absolute Gasteiger partial charge is 0.271 e. The number of aromatic hydroxyl groups is 1. The predicted molar refractivity (Wildman–Crippen MR) is 119 cm³/mol. The van der Waals surface area contributed by atoms with Crippen LogP contribution in [0.15, 0.2) is 94.5 Å². The van der Waals surface area contributed by atoms with Gasteiger partial charge in [0.2, 0.25) is 0 Å². The van der Waals surface area contributed by atoms with E-state index in [-0.39, 0.29) is 17.8 Å². The highest BCUT2D eigenvalue weighted by Gasteiger charge is 2.21. The van der Waals surface area contributed by atoms with Crippen LogP contribution in [-0.4, -0.2) is 5.11 Å². The third-order valence-corrected chi connectivity index (χ3v) is 5.22. The highest BCUT2D eigenvalue weighted by Crippen LogP contribution is 2.29. The fraction of sp³-hybridized carbons (Fsp3) is 0.120. The summed E-state index contributed by atoms with van der Waals surface area (Å²) in [5, 5.41) is 16.2. The van der Waals surface area contributed by atoms with E-state index in [4.69, 9.17) is 0 Å². The summed E-state index contributed by atoms with van der Waals surface area (Å²) >= 11 is 0. The number of nitrogens with one attached hydrogen (secondary N) is 2. The topological polar surface area (TPSA) is 78.4 Å². The van der Waals surface area contributed by atoms with Crippen molar-refractivity contribution in [3.05, 3.63) is 122 Å². The van der Waals surface area contributed by atoms with Crippen LogP contribution in [0.2, 0.25) is 0 Å². The molecule has 0 bridgehead atoms. The molecule has 0 heterocycles. The van der Waals surface area contributed by atoms with Crippen LogP contribution in [0.4, 0.5) is 11.4 Å². The van der Waals surface area contributed by atoms with Crippen molar-refractivity contribution in [3.8, 4) is 5.75 Å². The van der Waals surface area contributed by atoms with Gasteiger partial charge in [0, 0.05) is 11.7 Å². The molecule has 4 aromatic rings. The summed E-state index contributed by atoms with van der Waals surface area (Å²) < 4.78 is 0. The molecule has 0 saturated carbocycles. The van der Waals surface area contributed by atoms with Gasteiger partial charge in [-0.1, -0.05) is 72.8 Å². The second-order valence-electron chi connectivity index (χ2n) is 7.28. The Hall–Kier alpha value is -3.70. The second-order valence-corrected chi connectivity index (χ2v) is 7.28. The van der Waals surface area contributed by atoms with Crippen LogP contribution < -0.4 is 21.5 Å². The molecule has 5 nitrogen and oxygen atoms in total. The lowest BCUT2D eigenvalue weighted by Gasteiger charge is -2.25. The molecule has 4 aromatic carbocycles. The average molecular weight is 398 g/mol. The summed E-state index contributed by atoms with van der Waals surface area (Å²) in [5.41, 5.74) is 2.30. The van der Waals surface area contributed by atoms with Crippen molar-refractivity contribution in [1.82, 2.24) is 5.32 Å². The zero-order chi connectivity index (χ0) is 21.1. The van der Waals surface area contributed by atoms with E-state index in [0.29, 0.717) is 5.69 Å². The van der Waals surface area contributed by atoms with Gasteiger partial charge in [-0.15, -0.1) is 0 Å². The van der Waals surface area contributed by atoms with E-state index in [1.807, 2.05) is 54.6 Å². The number of benzene rings is 3. The first kappa shape index (κ1) is 19.6. The van der Waals surface area contributed by atoms with Gasteiger partial charge < -0.3 is 10.4 Å². The van der Waals surface area contributed by atoms with Crippen molar-refractivity contribution >= 4 is 11.4 Å². The van der Waals surface area contributed by atoms with Crippen molar-refractivity contribution in [2.75, 3.05) is 5.32 Å². The summed E-state index contributed by atoms with van der Waals surface area (Å²) in [6.45, 7) is 2.12. The van der Waals surface area contributed by atoms with Gasteiger partial charge in [-0.3, -0.25) is 14.9 Å². The van der Waals surface area contributed by atoms with E-state index < -0.39 is 16.6 Å².